The Balaban J connectivity index is 1.44. The van der Waals surface area contributed by atoms with E-state index in [1.165, 1.54) is 11.8 Å². The first-order chi connectivity index (χ1) is 15.1. The predicted molar refractivity (Wildman–Crippen MR) is 119 cm³/mol. The van der Waals surface area contributed by atoms with E-state index in [0.29, 0.717) is 28.8 Å². The minimum Gasteiger partial charge on any atom is -0.469 e. The number of para-hydroxylation sites is 1. The zero-order valence-corrected chi connectivity index (χ0v) is 17.9. The fraction of sp³-hybridized carbons (Fsp3) is 0.273. The summed E-state index contributed by atoms with van der Waals surface area (Å²) < 4.78 is 7.26. The Morgan fingerprint density at radius 1 is 1.29 bits per heavy atom. The smallest absolute Gasteiger partial charge is 0.253 e. The van der Waals surface area contributed by atoms with Gasteiger partial charge in [0.1, 0.15) is 5.76 Å². The lowest BCUT2D eigenvalue weighted by molar-refractivity contribution is -0.113. The average molecular weight is 438 g/mol. The molecule has 8 nitrogen and oxygen atoms in total. The molecule has 2 amide bonds. The van der Waals surface area contributed by atoms with Gasteiger partial charge in [0.05, 0.1) is 28.8 Å². The van der Waals surface area contributed by atoms with Gasteiger partial charge in [-0.1, -0.05) is 30.0 Å². The van der Waals surface area contributed by atoms with Crippen LogP contribution in [0.3, 0.4) is 0 Å². The van der Waals surface area contributed by atoms with E-state index in [4.69, 9.17) is 4.42 Å². The second kappa shape index (κ2) is 9.22. The number of nitrogens with zero attached hydrogens (tertiary/aromatic N) is 3. The van der Waals surface area contributed by atoms with Gasteiger partial charge in [0.25, 0.3) is 5.91 Å². The Labute approximate surface area is 184 Å². The summed E-state index contributed by atoms with van der Waals surface area (Å²) in [5.74, 6) is 1.13. The first-order valence-electron chi connectivity index (χ1n) is 9.98. The van der Waals surface area contributed by atoms with Crippen LogP contribution in [0, 0.1) is 6.92 Å². The molecule has 9 heteroatoms. The van der Waals surface area contributed by atoms with Crippen LogP contribution in [0.25, 0.3) is 11.4 Å². The molecule has 1 aliphatic carbocycles. The van der Waals surface area contributed by atoms with Crippen LogP contribution < -0.4 is 10.6 Å². The van der Waals surface area contributed by atoms with Crippen molar-refractivity contribution in [1.82, 2.24) is 20.1 Å². The number of hydrogen-bond acceptors (Lipinski definition) is 6. The van der Waals surface area contributed by atoms with E-state index < -0.39 is 0 Å². The zero-order chi connectivity index (χ0) is 21.8. The van der Waals surface area contributed by atoms with Crippen molar-refractivity contribution < 1.29 is 14.0 Å². The van der Waals surface area contributed by atoms with Crippen LogP contribution in [0.5, 0.6) is 0 Å². The fourth-order valence-electron chi connectivity index (χ4n) is 3.10. The fourth-order valence-corrected chi connectivity index (χ4v) is 3.85. The maximum Gasteiger partial charge on any atom is 0.253 e. The molecular formula is C22H23N5O3S. The number of carbonyl (C=O) groups excluding carboxylic acids is 2. The number of anilines is 1. The van der Waals surface area contributed by atoms with E-state index in [-0.39, 0.29) is 23.6 Å². The maximum atomic E-state index is 12.6. The van der Waals surface area contributed by atoms with E-state index in [1.54, 1.807) is 36.6 Å². The van der Waals surface area contributed by atoms with Crippen LogP contribution in [0.1, 0.15) is 29.0 Å². The van der Waals surface area contributed by atoms with E-state index in [0.717, 1.165) is 24.2 Å². The van der Waals surface area contributed by atoms with Crippen molar-refractivity contribution in [2.24, 2.45) is 0 Å². The van der Waals surface area contributed by atoms with Gasteiger partial charge >= 0.3 is 0 Å². The Morgan fingerprint density at radius 3 is 2.81 bits per heavy atom. The Kier molecular flexibility index (Phi) is 6.22. The number of hydrogen-bond donors (Lipinski definition) is 2. The third kappa shape index (κ3) is 4.88. The number of allylic oxidation sites excluding steroid dienone is 1. The lowest BCUT2D eigenvalue weighted by atomic mass is 10.1. The molecule has 0 aliphatic heterocycles. The van der Waals surface area contributed by atoms with Gasteiger partial charge in [-0.15, -0.1) is 16.8 Å². The zero-order valence-electron chi connectivity index (χ0n) is 17.1. The molecule has 1 aliphatic rings. The van der Waals surface area contributed by atoms with Gasteiger partial charge in [-0.3, -0.25) is 14.2 Å². The van der Waals surface area contributed by atoms with Gasteiger partial charge in [0.2, 0.25) is 5.91 Å². The van der Waals surface area contributed by atoms with Crippen molar-refractivity contribution in [3.63, 3.8) is 0 Å². The molecule has 1 aromatic carbocycles. The highest BCUT2D eigenvalue weighted by atomic mass is 32.2. The Bertz CT molecular complexity index is 1120. The van der Waals surface area contributed by atoms with Crippen molar-refractivity contribution in [1.29, 1.82) is 0 Å². The third-order valence-electron chi connectivity index (χ3n) is 4.82. The lowest BCUT2D eigenvalue weighted by Gasteiger charge is -2.11. The number of aromatic nitrogens is 3. The minimum absolute atomic E-state index is 0.123. The van der Waals surface area contributed by atoms with Gasteiger partial charge in [0, 0.05) is 12.6 Å². The van der Waals surface area contributed by atoms with E-state index in [1.807, 2.05) is 17.6 Å². The normalized spacial score (nSPS) is 13.1. The average Bonchev–Trinajstić information content (AvgIpc) is 3.33. The van der Waals surface area contributed by atoms with Crippen molar-refractivity contribution >= 4 is 29.3 Å². The summed E-state index contributed by atoms with van der Waals surface area (Å²) in [6.07, 6.45) is 5.36. The van der Waals surface area contributed by atoms with E-state index in [2.05, 4.69) is 27.4 Å². The molecule has 3 aromatic rings. The number of rotatable bonds is 9. The molecule has 31 heavy (non-hydrogen) atoms. The molecule has 2 heterocycles. The molecule has 0 spiro atoms. The van der Waals surface area contributed by atoms with Crippen LogP contribution in [-0.2, 0) is 11.3 Å². The second-order valence-electron chi connectivity index (χ2n) is 7.23. The number of amides is 2. The van der Waals surface area contributed by atoms with Crippen molar-refractivity contribution in [2.45, 2.75) is 37.5 Å². The van der Waals surface area contributed by atoms with Crippen LogP contribution >= 0.6 is 11.8 Å². The quantitative estimate of drug-likeness (QED) is 0.391. The summed E-state index contributed by atoms with van der Waals surface area (Å²) >= 11 is 1.27. The first kappa shape index (κ1) is 20.9. The van der Waals surface area contributed by atoms with Crippen molar-refractivity contribution in [2.75, 3.05) is 11.1 Å². The van der Waals surface area contributed by atoms with E-state index >= 15 is 0 Å². The molecule has 0 radical (unpaired) electrons. The summed E-state index contributed by atoms with van der Waals surface area (Å²) in [7, 11) is 0. The number of aryl methyl sites for hydroxylation is 1. The topological polar surface area (TPSA) is 102 Å². The molecule has 0 unspecified atom stereocenters. The van der Waals surface area contributed by atoms with Gasteiger partial charge in [-0.25, -0.2) is 0 Å². The molecule has 2 N–H and O–H groups in total. The Morgan fingerprint density at radius 2 is 2.10 bits per heavy atom. The minimum atomic E-state index is -0.231. The van der Waals surface area contributed by atoms with Crippen LogP contribution in [0.2, 0.25) is 0 Å². The molecule has 0 saturated heterocycles. The maximum absolute atomic E-state index is 12.6. The monoisotopic (exact) mass is 437 g/mol. The predicted octanol–water partition coefficient (Wildman–Crippen LogP) is 3.66. The summed E-state index contributed by atoms with van der Waals surface area (Å²) in [6.45, 7) is 6.16. The van der Waals surface area contributed by atoms with Gasteiger partial charge in [-0.2, -0.15) is 0 Å². The Hall–Kier alpha value is -3.33. The highest BCUT2D eigenvalue weighted by molar-refractivity contribution is 7.99. The van der Waals surface area contributed by atoms with Crippen molar-refractivity contribution in [3.05, 3.63) is 60.6 Å². The first-order valence-corrected chi connectivity index (χ1v) is 11.0. The number of carbonyl (C=O) groups is 2. The van der Waals surface area contributed by atoms with Crippen molar-refractivity contribution in [3.8, 4) is 11.4 Å². The number of benzene rings is 1. The third-order valence-corrected chi connectivity index (χ3v) is 5.79. The van der Waals surface area contributed by atoms with Gasteiger partial charge in [0.15, 0.2) is 11.0 Å². The molecule has 0 atom stereocenters. The van der Waals surface area contributed by atoms with Gasteiger partial charge in [-0.05, 0) is 38.0 Å². The van der Waals surface area contributed by atoms with Gasteiger partial charge < -0.3 is 15.1 Å². The molecular weight excluding hydrogens is 414 g/mol. The second-order valence-corrected chi connectivity index (χ2v) is 8.17. The summed E-state index contributed by atoms with van der Waals surface area (Å²) in [5.41, 5.74) is 1.80. The van der Waals surface area contributed by atoms with E-state index in [9.17, 15) is 9.59 Å². The summed E-state index contributed by atoms with van der Waals surface area (Å²) in [5, 5.41) is 14.9. The number of nitrogens with one attached hydrogen (secondary N) is 2. The number of furan rings is 1. The van der Waals surface area contributed by atoms with Crippen LogP contribution in [0.15, 0.2) is 58.8 Å². The standard InChI is InChI=1S/C22H23N5O3S/c1-3-11-27-20(16-10-12-30-14(16)2)25-26-22(27)31-13-19(28)24-18-7-5-4-6-17(18)21(29)23-15-8-9-15/h3-7,10,12,15H,1,8-9,11,13H2,2H3,(H,23,29)(H,24,28). The highest BCUT2D eigenvalue weighted by Crippen LogP contribution is 2.27. The largest absolute Gasteiger partial charge is 0.469 e. The molecule has 4 rings (SSSR count). The molecule has 0 bridgehead atoms. The summed E-state index contributed by atoms with van der Waals surface area (Å²) in [4.78, 5) is 25.0. The molecule has 160 valence electrons. The summed E-state index contributed by atoms with van der Waals surface area (Å²) in [6, 6.07) is 9.09. The number of thioether (sulfide) groups is 1. The highest BCUT2D eigenvalue weighted by Gasteiger charge is 2.25. The molecule has 1 fully saturated rings. The SMILES string of the molecule is C=CCn1c(SCC(=O)Nc2ccccc2C(=O)NC2CC2)nnc1-c1ccoc1C. The van der Waals surface area contributed by atoms with Crippen LogP contribution in [0.4, 0.5) is 5.69 Å². The lowest BCUT2D eigenvalue weighted by Crippen LogP contribution is -2.27. The molecule has 1 saturated carbocycles. The molecule has 2 aromatic heterocycles. The van der Waals surface area contributed by atoms with Crippen LogP contribution in [-0.4, -0.2) is 38.4 Å².